The Bertz CT molecular complexity index is 802. The van der Waals surface area contributed by atoms with Gasteiger partial charge in [0.1, 0.15) is 0 Å². The second kappa shape index (κ2) is 8.52. The summed E-state index contributed by atoms with van der Waals surface area (Å²) in [5.74, 6) is -0.424. The number of hydrogen-bond donors (Lipinski definition) is 1. The molecular formula is C20H23FN2O3S. The van der Waals surface area contributed by atoms with Crippen molar-refractivity contribution < 1.29 is 18.7 Å². The molecule has 1 atom stereocenters. The van der Waals surface area contributed by atoms with E-state index in [1.165, 1.54) is 24.5 Å². The van der Waals surface area contributed by atoms with Gasteiger partial charge in [0.2, 0.25) is 5.91 Å². The predicted molar refractivity (Wildman–Crippen MR) is 102 cm³/mol. The number of thiophene rings is 1. The van der Waals surface area contributed by atoms with E-state index in [1.807, 2.05) is 24.4 Å². The number of benzene rings is 1. The van der Waals surface area contributed by atoms with Gasteiger partial charge in [-0.3, -0.25) is 9.59 Å². The fraction of sp³-hybridized carbons (Fsp3) is 0.400. The van der Waals surface area contributed by atoms with Gasteiger partial charge in [-0.2, -0.15) is 0 Å². The van der Waals surface area contributed by atoms with Crippen LogP contribution in [0, 0.1) is 11.7 Å². The number of nitrogens with zero attached hydrogens (tertiary/aromatic N) is 1. The lowest BCUT2D eigenvalue weighted by Gasteiger charge is -2.31. The zero-order valence-corrected chi connectivity index (χ0v) is 16.2. The number of nitrogens with one attached hydrogen (secondary N) is 1. The molecule has 0 radical (unpaired) electrons. The van der Waals surface area contributed by atoms with Gasteiger partial charge in [0.05, 0.1) is 18.0 Å². The summed E-state index contributed by atoms with van der Waals surface area (Å²) in [6.45, 7) is 2.97. The minimum atomic E-state index is -0.448. The molecule has 1 aromatic carbocycles. The molecule has 7 heteroatoms. The van der Waals surface area contributed by atoms with Crippen LogP contribution in [0.25, 0.3) is 0 Å². The Labute approximate surface area is 162 Å². The number of halogens is 1. The molecule has 1 aromatic heterocycles. The minimum absolute atomic E-state index is 0.0333. The van der Waals surface area contributed by atoms with Crippen molar-refractivity contribution in [2.24, 2.45) is 5.92 Å². The van der Waals surface area contributed by atoms with E-state index in [-0.39, 0.29) is 29.5 Å². The third-order valence-corrected chi connectivity index (χ3v) is 5.78. The summed E-state index contributed by atoms with van der Waals surface area (Å²) >= 11 is 1.43. The highest BCUT2D eigenvalue weighted by molar-refractivity contribution is 7.12. The smallest absolute Gasteiger partial charge is 0.263 e. The van der Waals surface area contributed by atoms with Gasteiger partial charge in [0.25, 0.3) is 5.91 Å². The number of hydrogen-bond acceptors (Lipinski definition) is 4. The van der Waals surface area contributed by atoms with Gasteiger partial charge in [0.15, 0.2) is 11.6 Å². The number of carbonyl (C=O) groups is 2. The minimum Gasteiger partial charge on any atom is -0.494 e. The summed E-state index contributed by atoms with van der Waals surface area (Å²) in [7, 11) is 1.42. The third-order valence-electron chi connectivity index (χ3n) is 4.92. The SMILES string of the molecule is COc1ccc([C@H](C)NC(=O)C2CCN(C(=O)c3cccs3)CC2)cc1F. The molecule has 2 heterocycles. The van der Waals surface area contributed by atoms with E-state index in [1.54, 1.807) is 17.0 Å². The van der Waals surface area contributed by atoms with Gasteiger partial charge in [-0.25, -0.2) is 4.39 Å². The van der Waals surface area contributed by atoms with Crippen molar-refractivity contribution >= 4 is 23.2 Å². The van der Waals surface area contributed by atoms with Gasteiger partial charge < -0.3 is 15.0 Å². The first-order chi connectivity index (χ1) is 13.0. The second-order valence-electron chi connectivity index (χ2n) is 6.67. The van der Waals surface area contributed by atoms with E-state index in [0.717, 1.165) is 4.88 Å². The highest BCUT2D eigenvalue weighted by atomic mass is 32.1. The van der Waals surface area contributed by atoms with Crippen LogP contribution < -0.4 is 10.1 Å². The van der Waals surface area contributed by atoms with E-state index in [0.29, 0.717) is 31.5 Å². The quantitative estimate of drug-likeness (QED) is 0.848. The first-order valence-electron chi connectivity index (χ1n) is 8.96. The predicted octanol–water partition coefficient (Wildman–Crippen LogP) is 3.63. The second-order valence-corrected chi connectivity index (χ2v) is 7.62. The van der Waals surface area contributed by atoms with Gasteiger partial charge in [-0.05, 0) is 48.9 Å². The van der Waals surface area contributed by atoms with Crippen molar-refractivity contribution in [3.05, 3.63) is 52.0 Å². The molecule has 1 N–H and O–H groups in total. The normalized spacial score (nSPS) is 16.0. The van der Waals surface area contributed by atoms with Crippen molar-refractivity contribution in [2.45, 2.75) is 25.8 Å². The standard InChI is InChI=1S/C20H23FN2O3S/c1-13(15-5-6-17(26-2)16(21)12-15)22-19(24)14-7-9-23(10-8-14)20(25)18-4-3-11-27-18/h3-6,11-14H,7-10H2,1-2H3,(H,22,24)/t13-/m0/s1. The van der Waals surface area contributed by atoms with Crippen LogP contribution in [0.15, 0.2) is 35.7 Å². The number of methoxy groups -OCH3 is 1. The van der Waals surface area contributed by atoms with Gasteiger partial charge in [0, 0.05) is 19.0 Å². The highest BCUT2D eigenvalue weighted by Gasteiger charge is 2.28. The van der Waals surface area contributed by atoms with Crippen molar-refractivity contribution in [2.75, 3.05) is 20.2 Å². The van der Waals surface area contributed by atoms with Gasteiger partial charge >= 0.3 is 0 Å². The molecule has 1 saturated heterocycles. The third kappa shape index (κ3) is 4.47. The maximum Gasteiger partial charge on any atom is 0.263 e. The molecule has 144 valence electrons. The van der Waals surface area contributed by atoms with Crippen molar-refractivity contribution in [3.8, 4) is 5.75 Å². The average molecular weight is 390 g/mol. The van der Waals surface area contributed by atoms with Crippen LogP contribution in [0.3, 0.4) is 0 Å². The summed E-state index contributed by atoms with van der Waals surface area (Å²) < 4.78 is 18.8. The molecule has 0 bridgehead atoms. The van der Waals surface area contributed by atoms with Crippen LogP contribution in [0.5, 0.6) is 5.75 Å². The van der Waals surface area contributed by atoms with Crippen LogP contribution >= 0.6 is 11.3 Å². The highest BCUT2D eigenvalue weighted by Crippen LogP contribution is 2.24. The molecule has 3 rings (SSSR count). The van der Waals surface area contributed by atoms with Crippen molar-refractivity contribution in [1.29, 1.82) is 0 Å². The number of amides is 2. The largest absolute Gasteiger partial charge is 0.494 e. The Morgan fingerprint density at radius 1 is 1.30 bits per heavy atom. The molecule has 1 aliphatic rings. The maximum atomic E-state index is 13.9. The first kappa shape index (κ1) is 19.4. The molecule has 0 spiro atoms. The molecular weight excluding hydrogens is 367 g/mol. The lowest BCUT2D eigenvalue weighted by molar-refractivity contribution is -0.127. The monoisotopic (exact) mass is 390 g/mol. The molecule has 0 saturated carbocycles. The van der Waals surface area contributed by atoms with E-state index in [2.05, 4.69) is 5.32 Å². The molecule has 0 aliphatic carbocycles. The van der Waals surface area contributed by atoms with Crippen LogP contribution in [0.1, 0.15) is 41.0 Å². The summed E-state index contributed by atoms with van der Waals surface area (Å²) in [5.41, 5.74) is 0.687. The van der Waals surface area contributed by atoms with Crippen molar-refractivity contribution in [3.63, 3.8) is 0 Å². The van der Waals surface area contributed by atoms with Crippen LogP contribution in [-0.4, -0.2) is 36.9 Å². The van der Waals surface area contributed by atoms with Crippen LogP contribution in [-0.2, 0) is 4.79 Å². The Morgan fingerprint density at radius 3 is 2.63 bits per heavy atom. The molecule has 2 amide bonds. The molecule has 1 fully saturated rings. The topological polar surface area (TPSA) is 58.6 Å². The summed E-state index contributed by atoms with van der Waals surface area (Å²) in [6, 6.07) is 8.07. The van der Waals surface area contributed by atoms with Gasteiger partial charge in [-0.1, -0.05) is 12.1 Å². The Hall–Kier alpha value is -2.41. The van der Waals surface area contributed by atoms with Crippen molar-refractivity contribution in [1.82, 2.24) is 10.2 Å². The lowest BCUT2D eigenvalue weighted by atomic mass is 9.95. The van der Waals surface area contributed by atoms with E-state index >= 15 is 0 Å². The fourth-order valence-corrected chi connectivity index (χ4v) is 3.96. The summed E-state index contributed by atoms with van der Waals surface area (Å²) in [4.78, 5) is 27.5. The first-order valence-corrected chi connectivity index (χ1v) is 9.84. The fourth-order valence-electron chi connectivity index (χ4n) is 3.27. The number of piperidine rings is 1. The molecule has 27 heavy (non-hydrogen) atoms. The Kier molecular flexibility index (Phi) is 6.11. The zero-order valence-electron chi connectivity index (χ0n) is 15.4. The number of carbonyl (C=O) groups excluding carboxylic acids is 2. The van der Waals surface area contributed by atoms with Crippen LogP contribution in [0.4, 0.5) is 4.39 Å². The number of ether oxygens (including phenoxy) is 1. The Morgan fingerprint density at radius 2 is 2.04 bits per heavy atom. The number of likely N-dealkylation sites (tertiary alicyclic amines) is 1. The summed E-state index contributed by atoms with van der Waals surface area (Å²) in [6.07, 6.45) is 1.26. The number of rotatable bonds is 5. The molecule has 1 aliphatic heterocycles. The lowest BCUT2D eigenvalue weighted by Crippen LogP contribution is -2.43. The summed E-state index contributed by atoms with van der Waals surface area (Å²) in [5, 5.41) is 4.84. The Balaban J connectivity index is 1.53. The molecule has 2 aromatic rings. The van der Waals surface area contributed by atoms with E-state index < -0.39 is 5.82 Å². The van der Waals surface area contributed by atoms with E-state index in [9.17, 15) is 14.0 Å². The van der Waals surface area contributed by atoms with Crippen LogP contribution in [0.2, 0.25) is 0 Å². The molecule has 0 unspecified atom stereocenters. The average Bonchev–Trinajstić information content (AvgIpc) is 3.22. The maximum absolute atomic E-state index is 13.9. The zero-order chi connectivity index (χ0) is 19.4. The van der Waals surface area contributed by atoms with E-state index in [4.69, 9.17) is 4.74 Å². The molecule has 5 nitrogen and oxygen atoms in total. The van der Waals surface area contributed by atoms with Gasteiger partial charge in [-0.15, -0.1) is 11.3 Å².